The third-order valence-corrected chi connectivity index (χ3v) is 4.45. The third kappa shape index (κ3) is 2.28. The third-order valence-electron chi connectivity index (χ3n) is 2.78. The van der Waals surface area contributed by atoms with E-state index in [2.05, 4.69) is 45.6 Å². The van der Waals surface area contributed by atoms with Crippen molar-refractivity contribution in [1.29, 1.82) is 0 Å². The van der Waals surface area contributed by atoms with E-state index < -0.39 is 0 Å². The predicted octanol–water partition coefficient (Wildman–Crippen LogP) is 5.24. The molecule has 3 heteroatoms. The average Bonchev–Trinajstić information content (AvgIpc) is 2.91. The van der Waals surface area contributed by atoms with Crippen LogP contribution in [0.25, 0.3) is 10.8 Å². The van der Waals surface area contributed by atoms with Crippen molar-refractivity contribution in [2.75, 3.05) is 0 Å². The fraction of sp³-hybridized carbons (Fsp3) is 0.0667. The molecule has 3 rings (SSSR count). The Morgan fingerprint density at radius 2 is 1.89 bits per heavy atom. The number of ether oxygens (including phenoxy) is 1. The zero-order valence-corrected chi connectivity index (χ0v) is 12.0. The Kier molecular flexibility index (Phi) is 3.35. The summed E-state index contributed by atoms with van der Waals surface area (Å²) in [4.78, 5) is 1.23. The summed E-state index contributed by atoms with van der Waals surface area (Å²) >= 11 is 5.34. The molecule has 0 fully saturated rings. The van der Waals surface area contributed by atoms with Crippen LogP contribution in [0.3, 0.4) is 0 Å². The molecule has 1 nitrogen and oxygen atoms in total. The van der Waals surface area contributed by atoms with Crippen LogP contribution in [-0.2, 0) is 6.61 Å². The van der Waals surface area contributed by atoms with Crippen molar-refractivity contribution in [2.24, 2.45) is 0 Å². The summed E-state index contributed by atoms with van der Waals surface area (Å²) in [5, 5.41) is 4.46. The fourth-order valence-corrected chi connectivity index (χ4v) is 3.09. The number of hydrogen-bond donors (Lipinski definition) is 0. The van der Waals surface area contributed by atoms with E-state index in [1.807, 2.05) is 24.3 Å². The Labute approximate surface area is 118 Å². The Hall–Kier alpha value is -1.32. The van der Waals surface area contributed by atoms with Crippen molar-refractivity contribution in [1.82, 2.24) is 0 Å². The number of benzene rings is 2. The quantitative estimate of drug-likeness (QED) is 0.641. The van der Waals surface area contributed by atoms with Gasteiger partial charge in [-0.1, -0.05) is 36.4 Å². The number of hydrogen-bond acceptors (Lipinski definition) is 2. The van der Waals surface area contributed by atoms with Crippen LogP contribution in [0, 0.1) is 0 Å². The van der Waals surface area contributed by atoms with E-state index in [4.69, 9.17) is 4.74 Å². The van der Waals surface area contributed by atoms with Gasteiger partial charge in [0.25, 0.3) is 0 Å². The van der Waals surface area contributed by atoms with Crippen LogP contribution in [0.1, 0.15) is 4.88 Å². The summed E-state index contributed by atoms with van der Waals surface area (Å²) in [7, 11) is 0. The zero-order chi connectivity index (χ0) is 12.4. The lowest BCUT2D eigenvalue weighted by Gasteiger charge is -2.09. The Balaban J connectivity index is 1.90. The number of rotatable bonds is 3. The Morgan fingerprint density at radius 1 is 1.00 bits per heavy atom. The first-order valence-electron chi connectivity index (χ1n) is 5.67. The van der Waals surface area contributed by atoms with Crippen LogP contribution in [0.15, 0.2) is 58.4 Å². The molecule has 0 saturated heterocycles. The maximum atomic E-state index is 5.85. The van der Waals surface area contributed by atoms with Crippen molar-refractivity contribution in [3.63, 3.8) is 0 Å². The highest BCUT2D eigenvalue weighted by Crippen LogP contribution is 2.33. The molecule has 0 N–H and O–H groups in total. The number of fused-ring (bicyclic) bond motifs is 1. The molecule has 0 amide bonds. The van der Waals surface area contributed by atoms with E-state index in [1.165, 1.54) is 15.6 Å². The first-order chi connectivity index (χ1) is 8.84. The van der Waals surface area contributed by atoms with Crippen LogP contribution in [0.2, 0.25) is 0 Å². The predicted molar refractivity (Wildman–Crippen MR) is 80.3 cm³/mol. The molecule has 0 spiro atoms. The zero-order valence-electron chi connectivity index (χ0n) is 9.60. The first-order valence-corrected chi connectivity index (χ1v) is 7.34. The molecule has 18 heavy (non-hydrogen) atoms. The lowest BCUT2D eigenvalue weighted by molar-refractivity contribution is 0.308. The molecule has 90 valence electrons. The molecule has 3 aromatic rings. The van der Waals surface area contributed by atoms with Crippen molar-refractivity contribution >= 4 is 38.0 Å². The van der Waals surface area contributed by atoms with Gasteiger partial charge >= 0.3 is 0 Å². The van der Waals surface area contributed by atoms with Crippen LogP contribution in [0.4, 0.5) is 0 Å². The highest BCUT2D eigenvalue weighted by molar-refractivity contribution is 9.10. The highest BCUT2D eigenvalue weighted by Gasteiger charge is 2.06. The summed E-state index contributed by atoms with van der Waals surface area (Å²) in [6.07, 6.45) is 0. The van der Waals surface area contributed by atoms with Gasteiger partial charge in [0, 0.05) is 4.88 Å². The van der Waals surface area contributed by atoms with Crippen LogP contribution >= 0.6 is 27.3 Å². The average molecular weight is 319 g/mol. The molecule has 0 bridgehead atoms. The molecule has 0 aliphatic carbocycles. The molecule has 0 aliphatic rings. The number of halogens is 1. The second-order valence-electron chi connectivity index (χ2n) is 3.97. The van der Waals surface area contributed by atoms with Crippen molar-refractivity contribution < 1.29 is 4.74 Å². The van der Waals surface area contributed by atoms with Crippen molar-refractivity contribution in [3.05, 3.63) is 63.3 Å². The van der Waals surface area contributed by atoms with Crippen LogP contribution in [0.5, 0.6) is 5.75 Å². The minimum Gasteiger partial charge on any atom is -0.487 e. The minimum absolute atomic E-state index is 0.620. The fourth-order valence-electron chi connectivity index (χ4n) is 1.87. The molecular weight excluding hydrogens is 308 g/mol. The smallest absolute Gasteiger partial charge is 0.134 e. The lowest BCUT2D eigenvalue weighted by atomic mass is 10.1. The van der Waals surface area contributed by atoms with E-state index in [0.29, 0.717) is 6.61 Å². The van der Waals surface area contributed by atoms with Crippen molar-refractivity contribution in [3.8, 4) is 5.75 Å². The molecule has 0 aliphatic heterocycles. The summed E-state index contributed by atoms with van der Waals surface area (Å²) in [6, 6.07) is 16.5. The number of thiophene rings is 1. The van der Waals surface area contributed by atoms with Crippen LogP contribution < -0.4 is 4.74 Å². The highest BCUT2D eigenvalue weighted by atomic mass is 79.9. The normalized spacial score (nSPS) is 10.7. The molecule has 1 heterocycles. The van der Waals surface area contributed by atoms with E-state index in [1.54, 1.807) is 11.3 Å². The van der Waals surface area contributed by atoms with Gasteiger partial charge in [-0.05, 0) is 44.2 Å². The van der Waals surface area contributed by atoms with E-state index in [-0.39, 0.29) is 0 Å². The molecule has 0 unspecified atom stereocenters. The minimum atomic E-state index is 0.620. The molecule has 0 atom stereocenters. The maximum absolute atomic E-state index is 5.85. The van der Waals surface area contributed by atoms with Gasteiger partial charge in [0.1, 0.15) is 12.4 Å². The standard InChI is InChI=1S/C15H11BrOS/c16-15-13-6-2-1-4-11(13)7-8-14(15)17-10-12-5-3-9-18-12/h1-9H,10H2. The Bertz CT molecular complexity index is 661. The van der Waals surface area contributed by atoms with E-state index >= 15 is 0 Å². The molecule has 0 radical (unpaired) electrons. The van der Waals surface area contributed by atoms with Crippen LogP contribution in [-0.4, -0.2) is 0 Å². The monoisotopic (exact) mass is 318 g/mol. The van der Waals surface area contributed by atoms with Gasteiger partial charge in [0.15, 0.2) is 0 Å². The summed E-state index contributed by atoms with van der Waals surface area (Å²) in [6.45, 7) is 0.620. The molecular formula is C15H11BrOS. The summed E-state index contributed by atoms with van der Waals surface area (Å²) < 4.78 is 6.88. The summed E-state index contributed by atoms with van der Waals surface area (Å²) in [5.74, 6) is 0.891. The lowest BCUT2D eigenvalue weighted by Crippen LogP contribution is -1.93. The van der Waals surface area contributed by atoms with E-state index in [9.17, 15) is 0 Å². The topological polar surface area (TPSA) is 9.23 Å². The SMILES string of the molecule is Brc1c(OCc2cccs2)ccc2ccccc12. The van der Waals surface area contributed by atoms with E-state index in [0.717, 1.165) is 10.2 Å². The largest absolute Gasteiger partial charge is 0.487 e. The Morgan fingerprint density at radius 3 is 2.72 bits per heavy atom. The summed E-state index contributed by atoms with van der Waals surface area (Å²) in [5.41, 5.74) is 0. The molecule has 1 aromatic heterocycles. The molecule has 2 aromatic carbocycles. The molecule has 0 saturated carbocycles. The van der Waals surface area contributed by atoms with Gasteiger partial charge in [-0.3, -0.25) is 0 Å². The second-order valence-corrected chi connectivity index (χ2v) is 5.79. The van der Waals surface area contributed by atoms with Gasteiger partial charge in [0.2, 0.25) is 0 Å². The van der Waals surface area contributed by atoms with Gasteiger partial charge in [-0.25, -0.2) is 0 Å². The van der Waals surface area contributed by atoms with Gasteiger partial charge in [-0.15, -0.1) is 11.3 Å². The van der Waals surface area contributed by atoms with Gasteiger partial charge < -0.3 is 4.74 Å². The maximum Gasteiger partial charge on any atom is 0.134 e. The second kappa shape index (κ2) is 5.12. The van der Waals surface area contributed by atoms with Crippen molar-refractivity contribution in [2.45, 2.75) is 6.61 Å². The first kappa shape index (κ1) is 11.8. The van der Waals surface area contributed by atoms with Gasteiger partial charge in [-0.2, -0.15) is 0 Å². The van der Waals surface area contributed by atoms with Gasteiger partial charge in [0.05, 0.1) is 4.47 Å².